The van der Waals surface area contributed by atoms with E-state index in [9.17, 15) is 4.79 Å². The Morgan fingerprint density at radius 2 is 2.41 bits per heavy atom. The Kier molecular flexibility index (Phi) is 5.02. The van der Waals surface area contributed by atoms with Crippen molar-refractivity contribution in [2.45, 2.75) is 25.3 Å². The molecule has 0 saturated carbocycles. The molecule has 1 fully saturated rings. The van der Waals surface area contributed by atoms with Crippen LogP contribution in [0, 0.1) is 0 Å². The van der Waals surface area contributed by atoms with Crippen molar-refractivity contribution in [2.24, 2.45) is 0 Å². The molecule has 2 heterocycles. The van der Waals surface area contributed by atoms with Crippen LogP contribution in [0.5, 0.6) is 0 Å². The molecule has 17 heavy (non-hydrogen) atoms. The average molecular weight is 382 g/mol. The summed E-state index contributed by atoms with van der Waals surface area (Å²) in [6.45, 7) is 1.85. The Labute approximate surface area is 122 Å². The zero-order valence-electron chi connectivity index (χ0n) is 9.26. The molecule has 1 saturated heterocycles. The lowest BCUT2D eigenvalue weighted by atomic mass is 10.1. The molecule has 1 aromatic heterocycles. The fraction of sp³-hybridized carbons (Fsp3) is 0.545. The van der Waals surface area contributed by atoms with Gasteiger partial charge in [-0.05, 0) is 63.7 Å². The number of nitrogens with one attached hydrogen (secondary N) is 2. The second kappa shape index (κ2) is 6.31. The highest BCUT2D eigenvalue weighted by Gasteiger charge is 2.16. The van der Waals surface area contributed by atoms with Crippen LogP contribution < -0.4 is 10.6 Å². The summed E-state index contributed by atoms with van der Waals surface area (Å²) in [7, 11) is 0. The molecular weight excluding hydrogens is 368 g/mol. The van der Waals surface area contributed by atoms with Crippen molar-refractivity contribution in [1.82, 2.24) is 10.6 Å². The van der Waals surface area contributed by atoms with Crippen molar-refractivity contribution in [3.63, 3.8) is 0 Å². The zero-order chi connectivity index (χ0) is 12.3. The Bertz CT molecular complexity index is 402. The standard InChI is InChI=1S/C11H14Br2N2OS/c12-9-6-8(10(13)17-9)11(16)15-5-3-7-2-1-4-14-7/h6-7,14H,1-5H2,(H,15,16)/t7-/m1/s1. The van der Waals surface area contributed by atoms with Crippen molar-refractivity contribution in [3.05, 3.63) is 19.2 Å². The van der Waals surface area contributed by atoms with Gasteiger partial charge in [-0.25, -0.2) is 0 Å². The Hall–Kier alpha value is 0.0900. The summed E-state index contributed by atoms with van der Waals surface area (Å²) in [5.41, 5.74) is 0.709. The van der Waals surface area contributed by atoms with Gasteiger partial charge in [-0.15, -0.1) is 11.3 Å². The third-order valence-electron chi connectivity index (χ3n) is 2.84. The number of hydrogen-bond donors (Lipinski definition) is 2. The molecule has 3 nitrogen and oxygen atoms in total. The fourth-order valence-corrected chi connectivity index (χ4v) is 4.75. The van der Waals surface area contributed by atoms with Crippen LogP contribution >= 0.6 is 43.2 Å². The SMILES string of the molecule is O=C(NCC[C@H]1CCCN1)c1cc(Br)sc1Br. The molecule has 1 atom stereocenters. The number of rotatable bonds is 4. The topological polar surface area (TPSA) is 41.1 Å². The fourth-order valence-electron chi connectivity index (χ4n) is 1.95. The van der Waals surface area contributed by atoms with Gasteiger partial charge in [-0.1, -0.05) is 0 Å². The zero-order valence-corrected chi connectivity index (χ0v) is 13.3. The summed E-state index contributed by atoms with van der Waals surface area (Å²) < 4.78 is 1.84. The van der Waals surface area contributed by atoms with Crippen LogP contribution in [0.25, 0.3) is 0 Å². The smallest absolute Gasteiger partial charge is 0.253 e. The molecule has 0 aromatic carbocycles. The number of hydrogen-bond acceptors (Lipinski definition) is 3. The molecule has 0 bridgehead atoms. The number of halogens is 2. The van der Waals surface area contributed by atoms with E-state index < -0.39 is 0 Å². The highest BCUT2D eigenvalue weighted by atomic mass is 79.9. The van der Waals surface area contributed by atoms with Gasteiger partial charge in [0.25, 0.3) is 5.91 Å². The highest BCUT2D eigenvalue weighted by Crippen LogP contribution is 2.31. The first-order valence-electron chi connectivity index (χ1n) is 5.63. The van der Waals surface area contributed by atoms with E-state index in [2.05, 4.69) is 42.5 Å². The number of carbonyl (C=O) groups excluding carboxylic acids is 1. The van der Waals surface area contributed by atoms with E-state index in [0.717, 1.165) is 27.1 Å². The first kappa shape index (κ1) is 13.5. The molecule has 94 valence electrons. The van der Waals surface area contributed by atoms with Crippen LogP contribution in [0.3, 0.4) is 0 Å². The largest absolute Gasteiger partial charge is 0.352 e. The van der Waals surface area contributed by atoms with E-state index in [4.69, 9.17) is 0 Å². The summed E-state index contributed by atoms with van der Waals surface area (Å²) in [6.07, 6.45) is 3.49. The second-order valence-corrected chi connectivity index (χ2v) is 7.83. The molecule has 0 aliphatic carbocycles. The summed E-state index contributed by atoms with van der Waals surface area (Å²) in [5.74, 6) is -0.00294. The molecule has 0 unspecified atom stereocenters. The van der Waals surface area contributed by atoms with Gasteiger partial charge in [0.15, 0.2) is 0 Å². The molecule has 0 spiro atoms. The van der Waals surface area contributed by atoms with Gasteiger partial charge >= 0.3 is 0 Å². The molecule has 2 rings (SSSR count). The molecule has 2 N–H and O–H groups in total. The molecular formula is C11H14Br2N2OS. The van der Waals surface area contributed by atoms with Crippen molar-refractivity contribution in [3.8, 4) is 0 Å². The average Bonchev–Trinajstić information content (AvgIpc) is 2.88. The van der Waals surface area contributed by atoms with E-state index in [1.54, 1.807) is 0 Å². The van der Waals surface area contributed by atoms with E-state index in [-0.39, 0.29) is 5.91 Å². The molecule has 1 aliphatic rings. The summed E-state index contributed by atoms with van der Waals surface area (Å²) in [6, 6.07) is 2.42. The monoisotopic (exact) mass is 380 g/mol. The highest BCUT2D eigenvalue weighted by molar-refractivity contribution is 9.12. The van der Waals surface area contributed by atoms with Crippen molar-refractivity contribution >= 4 is 49.1 Å². The van der Waals surface area contributed by atoms with Crippen molar-refractivity contribution in [1.29, 1.82) is 0 Å². The minimum absolute atomic E-state index is 0.00294. The van der Waals surface area contributed by atoms with Gasteiger partial charge in [0.05, 0.1) is 13.1 Å². The van der Waals surface area contributed by atoms with Crippen LogP contribution in [0.4, 0.5) is 0 Å². The maximum absolute atomic E-state index is 11.9. The summed E-state index contributed by atoms with van der Waals surface area (Å²) in [5, 5.41) is 6.38. The predicted octanol–water partition coefficient (Wildman–Crippen LogP) is 3.15. The van der Waals surface area contributed by atoms with Crippen molar-refractivity contribution < 1.29 is 4.79 Å². The predicted molar refractivity (Wildman–Crippen MR) is 77.7 cm³/mol. The first-order valence-corrected chi connectivity index (χ1v) is 8.03. The summed E-state index contributed by atoms with van der Waals surface area (Å²) in [4.78, 5) is 11.9. The van der Waals surface area contributed by atoms with E-state index in [0.29, 0.717) is 11.6 Å². The second-order valence-electron chi connectivity index (χ2n) is 4.08. The molecule has 6 heteroatoms. The maximum Gasteiger partial charge on any atom is 0.253 e. The Morgan fingerprint density at radius 3 is 3.00 bits per heavy atom. The van der Waals surface area contributed by atoms with Gasteiger partial charge in [0.1, 0.15) is 0 Å². The van der Waals surface area contributed by atoms with Crippen LogP contribution in [0.1, 0.15) is 29.6 Å². The quantitative estimate of drug-likeness (QED) is 0.841. The molecule has 1 aliphatic heterocycles. The molecule has 0 radical (unpaired) electrons. The van der Waals surface area contributed by atoms with E-state index in [1.165, 1.54) is 24.2 Å². The van der Waals surface area contributed by atoms with Gasteiger partial charge in [-0.3, -0.25) is 4.79 Å². The molecule has 1 amide bonds. The lowest BCUT2D eigenvalue weighted by Crippen LogP contribution is -2.30. The Morgan fingerprint density at radius 1 is 1.59 bits per heavy atom. The Balaban J connectivity index is 1.78. The van der Waals surface area contributed by atoms with Crippen LogP contribution in [0.2, 0.25) is 0 Å². The van der Waals surface area contributed by atoms with Crippen molar-refractivity contribution in [2.75, 3.05) is 13.1 Å². The van der Waals surface area contributed by atoms with Crippen LogP contribution in [-0.4, -0.2) is 25.0 Å². The lowest BCUT2D eigenvalue weighted by molar-refractivity contribution is 0.0952. The van der Waals surface area contributed by atoms with E-state index >= 15 is 0 Å². The number of amides is 1. The number of carbonyl (C=O) groups is 1. The maximum atomic E-state index is 11.9. The third-order valence-corrected chi connectivity index (χ3v) is 5.18. The third kappa shape index (κ3) is 3.77. The molecule has 1 aromatic rings. The van der Waals surface area contributed by atoms with Gasteiger partial charge in [0.2, 0.25) is 0 Å². The lowest BCUT2D eigenvalue weighted by Gasteiger charge is -2.10. The minimum Gasteiger partial charge on any atom is -0.352 e. The van der Waals surface area contributed by atoms with Crippen LogP contribution in [0.15, 0.2) is 13.6 Å². The van der Waals surface area contributed by atoms with Gasteiger partial charge in [0, 0.05) is 12.6 Å². The van der Waals surface area contributed by atoms with Crippen LogP contribution in [-0.2, 0) is 0 Å². The number of thiophene rings is 1. The summed E-state index contributed by atoms with van der Waals surface area (Å²) >= 11 is 8.28. The normalized spacial score (nSPS) is 19.5. The van der Waals surface area contributed by atoms with Gasteiger partial charge in [-0.2, -0.15) is 0 Å². The van der Waals surface area contributed by atoms with Gasteiger partial charge < -0.3 is 10.6 Å². The van der Waals surface area contributed by atoms with E-state index in [1.807, 2.05) is 6.07 Å². The first-order chi connectivity index (χ1) is 8.16. The minimum atomic E-state index is -0.00294.